The number of rotatable bonds is 1. The summed E-state index contributed by atoms with van der Waals surface area (Å²) in [6, 6.07) is 14.5. The van der Waals surface area contributed by atoms with Gasteiger partial charge in [0.25, 0.3) is 0 Å². The van der Waals surface area contributed by atoms with Gasteiger partial charge in [-0.3, -0.25) is 0 Å². The van der Waals surface area contributed by atoms with Crippen LogP contribution in [0.4, 0.5) is 0 Å². The fourth-order valence-corrected chi connectivity index (χ4v) is 2.67. The third-order valence-electron chi connectivity index (χ3n) is 3.53. The van der Waals surface area contributed by atoms with Gasteiger partial charge >= 0.3 is 0 Å². The number of ether oxygens (including phenoxy) is 3. The molecule has 1 aliphatic heterocycles. The molecule has 3 nitrogen and oxygen atoms in total. The van der Waals surface area contributed by atoms with Crippen molar-refractivity contribution >= 4 is 21.5 Å². The number of hydrogen-bond donors (Lipinski definition) is 0. The quantitative estimate of drug-likeness (QED) is 0.618. The molecule has 0 fully saturated rings. The first-order valence-electron chi connectivity index (χ1n) is 6.16. The van der Waals surface area contributed by atoms with E-state index in [2.05, 4.69) is 24.3 Å². The van der Waals surface area contributed by atoms with Crippen LogP contribution in [-0.2, 0) is 0 Å². The maximum Gasteiger partial charge on any atom is 0.231 e. The summed E-state index contributed by atoms with van der Waals surface area (Å²) >= 11 is 0. The number of hydrogen-bond acceptors (Lipinski definition) is 3. The lowest BCUT2D eigenvalue weighted by atomic mass is 10.0. The molecule has 0 aromatic heterocycles. The van der Waals surface area contributed by atoms with Crippen LogP contribution in [-0.4, -0.2) is 13.9 Å². The van der Waals surface area contributed by atoms with Gasteiger partial charge < -0.3 is 14.2 Å². The largest absolute Gasteiger partial charge is 0.493 e. The summed E-state index contributed by atoms with van der Waals surface area (Å²) in [4.78, 5) is 0. The number of fused-ring (bicyclic) bond motifs is 5. The molecule has 0 saturated heterocycles. The normalized spacial score (nSPS) is 13.1. The van der Waals surface area contributed by atoms with Crippen molar-refractivity contribution in [2.45, 2.75) is 0 Å². The van der Waals surface area contributed by atoms with Crippen LogP contribution in [0.1, 0.15) is 0 Å². The van der Waals surface area contributed by atoms with Gasteiger partial charge in [0.2, 0.25) is 12.5 Å². The molecule has 0 aliphatic carbocycles. The van der Waals surface area contributed by atoms with Crippen LogP contribution < -0.4 is 14.2 Å². The van der Waals surface area contributed by atoms with Gasteiger partial charge in [0, 0.05) is 5.39 Å². The second kappa shape index (κ2) is 3.79. The molecule has 1 aliphatic rings. The van der Waals surface area contributed by atoms with Gasteiger partial charge in [0.1, 0.15) is 0 Å². The Hall–Kier alpha value is -2.42. The Labute approximate surface area is 110 Å². The summed E-state index contributed by atoms with van der Waals surface area (Å²) < 4.78 is 16.6. The van der Waals surface area contributed by atoms with Crippen LogP contribution in [0.25, 0.3) is 21.5 Å². The third-order valence-corrected chi connectivity index (χ3v) is 3.53. The molecule has 94 valence electrons. The van der Waals surface area contributed by atoms with Crippen LogP contribution in [0.15, 0.2) is 42.5 Å². The fourth-order valence-electron chi connectivity index (χ4n) is 2.67. The molecule has 0 bridgehead atoms. The molecule has 4 rings (SSSR count). The molecule has 0 saturated carbocycles. The summed E-state index contributed by atoms with van der Waals surface area (Å²) in [5, 5.41) is 4.55. The van der Waals surface area contributed by atoms with Crippen molar-refractivity contribution in [2.24, 2.45) is 0 Å². The summed E-state index contributed by atoms with van der Waals surface area (Å²) in [6.07, 6.45) is 0. The van der Waals surface area contributed by atoms with Gasteiger partial charge in [-0.15, -0.1) is 0 Å². The van der Waals surface area contributed by atoms with Gasteiger partial charge in [0.05, 0.1) is 7.11 Å². The van der Waals surface area contributed by atoms with Crippen molar-refractivity contribution in [3.8, 4) is 17.2 Å². The van der Waals surface area contributed by atoms with Crippen molar-refractivity contribution in [3.05, 3.63) is 42.5 Å². The SMILES string of the molecule is COc1cc2ccc3ccccc3c2c2c1OCO2. The first-order valence-corrected chi connectivity index (χ1v) is 6.16. The van der Waals surface area contributed by atoms with Crippen molar-refractivity contribution in [1.29, 1.82) is 0 Å². The Balaban J connectivity index is 2.22. The van der Waals surface area contributed by atoms with Crippen LogP contribution in [0.3, 0.4) is 0 Å². The first kappa shape index (κ1) is 10.5. The third kappa shape index (κ3) is 1.38. The predicted octanol–water partition coefficient (Wildman–Crippen LogP) is 3.73. The Kier molecular flexibility index (Phi) is 2.09. The van der Waals surface area contributed by atoms with E-state index in [1.54, 1.807) is 7.11 Å². The van der Waals surface area contributed by atoms with E-state index < -0.39 is 0 Å². The number of benzene rings is 3. The van der Waals surface area contributed by atoms with E-state index in [-0.39, 0.29) is 6.79 Å². The smallest absolute Gasteiger partial charge is 0.231 e. The molecule has 0 unspecified atom stereocenters. The van der Waals surface area contributed by atoms with E-state index in [0.717, 1.165) is 22.3 Å². The molecule has 1 heterocycles. The number of methoxy groups -OCH3 is 1. The zero-order valence-corrected chi connectivity index (χ0v) is 10.5. The summed E-state index contributed by atoms with van der Waals surface area (Å²) in [5.74, 6) is 2.20. The minimum Gasteiger partial charge on any atom is -0.493 e. The average Bonchev–Trinajstić information content (AvgIpc) is 2.95. The molecule has 0 spiro atoms. The Morgan fingerprint density at radius 1 is 0.947 bits per heavy atom. The molecule has 0 amide bonds. The molecule has 3 aromatic rings. The molecule has 0 N–H and O–H groups in total. The van der Waals surface area contributed by atoms with E-state index >= 15 is 0 Å². The van der Waals surface area contributed by atoms with Crippen molar-refractivity contribution in [1.82, 2.24) is 0 Å². The molecule has 3 heteroatoms. The highest BCUT2D eigenvalue weighted by atomic mass is 16.7. The summed E-state index contributed by atoms with van der Waals surface area (Å²) in [6.45, 7) is 0.244. The molecule has 0 atom stereocenters. The van der Waals surface area contributed by atoms with Crippen LogP contribution in [0.5, 0.6) is 17.2 Å². The summed E-state index contributed by atoms with van der Waals surface area (Å²) in [7, 11) is 1.64. The molecule has 3 aromatic carbocycles. The lowest BCUT2D eigenvalue weighted by Crippen LogP contribution is -1.93. The van der Waals surface area contributed by atoms with Crippen molar-refractivity contribution in [3.63, 3.8) is 0 Å². The molecular weight excluding hydrogens is 240 g/mol. The second-order valence-corrected chi connectivity index (χ2v) is 4.53. The second-order valence-electron chi connectivity index (χ2n) is 4.53. The van der Waals surface area contributed by atoms with Gasteiger partial charge in [0.15, 0.2) is 11.5 Å². The Bertz CT molecular complexity index is 793. The molecule has 19 heavy (non-hydrogen) atoms. The predicted molar refractivity (Wildman–Crippen MR) is 74.1 cm³/mol. The minimum absolute atomic E-state index is 0.244. The van der Waals surface area contributed by atoms with E-state index in [1.807, 2.05) is 18.2 Å². The van der Waals surface area contributed by atoms with Crippen molar-refractivity contribution < 1.29 is 14.2 Å². The van der Waals surface area contributed by atoms with Gasteiger partial charge in [-0.25, -0.2) is 0 Å². The van der Waals surface area contributed by atoms with E-state index in [4.69, 9.17) is 14.2 Å². The standard InChI is InChI=1S/C16H12O3/c1-17-13-8-11-7-6-10-4-2-3-5-12(10)14(11)16-15(13)18-9-19-16/h2-8H,9H2,1H3. The lowest BCUT2D eigenvalue weighted by molar-refractivity contribution is 0.172. The maximum atomic E-state index is 5.66. The van der Waals surface area contributed by atoms with E-state index in [1.165, 1.54) is 10.8 Å². The molecular formula is C16H12O3. The van der Waals surface area contributed by atoms with Crippen LogP contribution >= 0.6 is 0 Å². The van der Waals surface area contributed by atoms with E-state index in [9.17, 15) is 0 Å². The van der Waals surface area contributed by atoms with Crippen molar-refractivity contribution in [2.75, 3.05) is 13.9 Å². The lowest BCUT2D eigenvalue weighted by Gasteiger charge is -2.10. The highest BCUT2D eigenvalue weighted by Crippen LogP contribution is 2.48. The Morgan fingerprint density at radius 3 is 2.63 bits per heavy atom. The maximum absolute atomic E-state index is 5.66. The fraction of sp³-hybridized carbons (Fsp3) is 0.125. The highest BCUT2D eigenvalue weighted by molar-refractivity contribution is 6.12. The monoisotopic (exact) mass is 252 g/mol. The summed E-state index contributed by atoms with van der Waals surface area (Å²) in [5.41, 5.74) is 0. The molecule has 0 radical (unpaired) electrons. The van der Waals surface area contributed by atoms with E-state index in [0.29, 0.717) is 5.75 Å². The highest BCUT2D eigenvalue weighted by Gasteiger charge is 2.23. The van der Waals surface area contributed by atoms with Gasteiger partial charge in [-0.1, -0.05) is 36.4 Å². The average molecular weight is 252 g/mol. The van der Waals surface area contributed by atoms with Crippen LogP contribution in [0, 0.1) is 0 Å². The van der Waals surface area contributed by atoms with Gasteiger partial charge in [-0.2, -0.15) is 0 Å². The zero-order valence-electron chi connectivity index (χ0n) is 10.5. The first-order chi connectivity index (χ1) is 9.38. The zero-order chi connectivity index (χ0) is 12.8. The van der Waals surface area contributed by atoms with Gasteiger partial charge in [-0.05, 0) is 22.2 Å². The minimum atomic E-state index is 0.244. The Morgan fingerprint density at radius 2 is 1.74 bits per heavy atom. The topological polar surface area (TPSA) is 27.7 Å². The van der Waals surface area contributed by atoms with Crippen LogP contribution in [0.2, 0.25) is 0 Å².